The Morgan fingerprint density at radius 1 is 1.06 bits per heavy atom. The molecule has 1 aromatic heterocycles. The summed E-state index contributed by atoms with van der Waals surface area (Å²) in [5.41, 5.74) is -0.853. The van der Waals surface area contributed by atoms with Crippen molar-refractivity contribution in [1.29, 1.82) is 5.26 Å². The van der Waals surface area contributed by atoms with Gasteiger partial charge in [0.2, 0.25) is 5.91 Å². The Morgan fingerprint density at radius 2 is 1.81 bits per heavy atom. The lowest BCUT2D eigenvalue weighted by molar-refractivity contribution is -0.137. The van der Waals surface area contributed by atoms with Crippen LogP contribution in [0.25, 0.3) is 0 Å². The van der Waals surface area contributed by atoms with Crippen molar-refractivity contribution in [1.82, 2.24) is 4.98 Å². The topological polar surface area (TPSA) is 92.1 Å². The fourth-order valence-corrected chi connectivity index (χ4v) is 3.52. The summed E-state index contributed by atoms with van der Waals surface area (Å²) in [4.78, 5) is 28.4. The molecule has 0 unspecified atom stereocenters. The number of ether oxygens (including phenoxy) is 1. The van der Waals surface area contributed by atoms with Gasteiger partial charge in [-0.25, -0.2) is 9.37 Å². The van der Waals surface area contributed by atoms with Gasteiger partial charge in [-0.3, -0.25) is 9.59 Å². The van der Waals surface area contributed by atoms with Gasteiger partial charge >= 0.3 is 6.18 Å². The van der Waals surface area contributed by atoms with Gasteiger partial charge in [-0.05, 0) is 60.4 Å². The molecular formula is C26H19F4N3O3. The third-order valence-corrected chi connectivity index (χ3v) is 5.41. The monoisotopic (exact) mass is 497 g/mol. The number of amides is 1. The zero-order valence-electron chi connectivity index (χ0n) is 18.7. The average molecular weight is 497 g/mol. The second-order valence-electron chi connectivity index (χ2n) is 8.43. The molecule has 10 heteroatoms. The standard InChI is InChI=1S/C26H19F4N3O3/c27-22-12-15(10-20(34)11-16-7-17(14-31)9-19(8-16)26(28,29)30)1-4-23(22)36-21-5-6-32-24(13-21)33-25(35)18-2-3-18/h1,4-9,12-13,18H,2-3,10-11H2,(H,32,33,35). The molecule has 2 aromatic carbocycles. The zero-order valence-corrected chi connectivity index (χ0v) is 18.7. The van der Waals surface area contributed by atoms with Crippen LogP contribution in [0.15, 0.2) is 54.7 Å². The normalized spacial score (nSPS) is 13.1. The molecule has 1 amide bonds. The first kappa shape index (κ1) is 24.9. The average Bonchev–Trinajstić information content (AvgIpc) is 3.66. The molecular weight excluding hydrogens is 478 g/mol. The summed E-state index contributed by atoms with van der Waals surface area (Å²) in [5.74, 6) is -0.922. The molecule has 0 atom stereocenters. The van der Waals surface area contributed by atoms with Gasteiger partial charge in [-0.1, -0.05) is 6.07 Å². The van der Waals surface area contributed by atoms with E-state index in [1.54, 1.807) is 6.07 Å². The number of ketones is 1. The molecule has 184 valence electrons. The number of hydrogen-bond donors (Lipinski definition) is 1. The molecule has 1 aliphatic rings. The Morgan fingerprint density at radius 3 is 2.47 bits per heavy atom. The van der Waals surface area contributed by atoms with Crippen molar-refractivity contribution in [2.24, 2.45) is 5.92 Å². The first-order valence-electron chi connectivity index (χ1n) is 11.0. The van der Waals surface area contributed by atoms with Gasteiger partial charge < -0.3 is 10.1 Å². The lowest BCUT2D eigenvalue weighted by atomic mass is 9.99. The van der Waals surface area contributed by atoms with Crippen molar-refractivity contribution in [2.75, 3.05) is 5.32 Å². The first-order valence-corrected chi connectivity index (χ1v) is 11.0. The summed E-state index contributed by atoms with van der Waals surface area (Å²) in [6, 6.07) is 11.3. The Labute approximate surface area is 203 Å². The summed E-state index contributed by atoms with van der Waals surface area (Å²) >= 11 is 0. The highest BCUT2D eigenvalue weighted by atomic mass is 19.4. The Balaban J connectivity index is 1.41. The summed E-state index contributed by atoms with van der Waals surface area (Å²) in [6.07, 6.45) is -2.13. The minimum atomic E-state index is -4.65. The van der Waals surface area contributed by atoms with E-state index < -0.39 is 23.3 Å². The number of nitrogens with one attached hydrogen (secondary N) is 1. The van der Waals surface area contributed by atoms with E-state index in [0.717, 1.165) is 31.0 Å². The summed E-state index contributed by atoms with van der Waals surface area (Å²) < 4.78 is 59.3. The molecule has 0 saturated heterocycles. The number of carbonyl (C=O) groups is 2. The van der Waals surface area contributed by atoms with Crippen molar-refractivity contribution in [3.8, 4) is 17.6 Å². The van der Waals surface area contributed by atoms with Gasteiger partial charge in [0.1, 0.15) is 17.4 Å². The second kappa shape index (κ2) is 10.2. The van der Waals surface area contributed by atoms with Gasteiger partial charge in [-0.2, -0.15) is 18.4 Å². The number of carbonyl (C=O) groups excluding carboxylic acids is 2. The lowest BCUT2D eigenvalue weighted by Crippen LogP contribution is -2.14. The second-order valence-corrected chi connectivity index (χ2v) is 8.43. The fraction of sp³-hybridized carbons (Fsp3) is 0.231. The van der Waals surface area contributed by atoms with Gasteiger partial charge in [0.25, 0.3) is 0 Å². The Hall–Kier alpha value is -4.26. The largest absolute Gasteiger partial charge is 0.454 e. The molecule has 1 saturated carbocycles. The van der Waals surface area contributed by atoms with Crippen molar-refractivity contribution >= 4 is 17.5 Å². The van der Waals surface area contributed by atoms with Gasteiger partial charge in [0.15, 0.2) is 11.6 Å². The highest BCUT2D eigenvalue weighted by Gasteiger charge is 2.31. The van der Waals surface area contributed by atoms with Gasteiger partial charge in [-0.15, -0.1) is 0 Å². The number of anilines is 1. The van der Waals surface area contributed by atoms with Crippen LogP contribution in [0.1, 0.15) is 35.1 Å². The maximum atomic E-state index is 14.6. The van der Waals surface area contributed by atoms with Crippen molar-refractivity contribution in [2.45, 2.75) is 31.9 Å². The van der Waals surface area contributed by atoms with E-state index in [-0.39, 0.29) is 53.1 Å². The van der Waals surface area contributed by atoms with Gasteiger partial charge in [0, 0.05) is 31.0 Å². The van der Waals surface area contributed by atoms with Crippen molar-refractivity contribution < 1.29 is 31.9 Å². The number of nitrogens with zero attached hydrogens (tertiary/aromatic N) is 2. The molecule has 1 N–H and O–H groups in total. The number of nitriles is 1. The summed E-state index contributed by atoms with van der Waals surface area (Å²) in [5, 5.41) is 11.7. The molecule has 3 aromatic rings. The molecule has 0 radical (unpaired) electrons. The van der Waals surface area contributed by atoms with Gasteiger partial charge in [0.05, 0.1) is 17.2 Å². The van der Waals surface area contributed by atoms with Crippen LogP contribution in [-0.4, -0.2) is 16.7 Å². The highest BCUT2D eigenvalue weighted by Crippen LogP contribution is 2.32. The molecule has 0 bridgehead atoms. The van der Waals surface area contributed by atoms with E-state index in [2.05, 4.69) is 10.3 Å². The molecule has 1 aliphatic carbocycles. The predicted octanol–water partition coefficient (Wildman–Crippen LogP) is 5.61. The van der Waals surface area contributed by atoms with Crippen molar-refractivity contribution in [3.05, 3.63) is 82.8 Å². The number of halogens is 4. The number of rotatable bonds is 8. The predicted molar refractivity (Wildman–Crippen MR) is 121 cm³/mol. The van der Waals surface area contributed by atoms with Crippen molar-refractivity contribution in [3.63, 3.8) is 0 Å². The smallest absolute Gasteiger partial charge is 0.416 e. The summed E-state index contributed by atoms with van der Waals surface area (Å²) in [7, 11) is 0. The SMILES string of the molecule is N#Cc1cc(CC(=O)Cc2ccc(Oc3ccnc(NC(=O)C4CC4)c3)c(F)c2)cc(C(F)(F)F)c1. The summed E-state index contributed by atoms with van der Waals surface area (Å²) in [6.45, 7) is 0. The first-order chi connectivity index (χ1) is 17.1. The molecule has 1 fully saturated rings. The third kappa shape index (κ3) is 6.44. The number of hydrogen-bond acceptors (Lipinski definition) is 5. The van der Waals surface area contributed by atoms with Crippen LogP contribution in [0.2, 0.25) is 0 Å². The van der Waals surface area contributed by atoms with Crippen LogP contribution in [0.4, 0.5) is 23.4 Å². The van der Waals surface area contributed by atoms with Crippen LogP contribution in [0.3, 0.4) is 0 Å². The maximum Gasteiger partial charge on any atom is 0.416 e. The number of aromatic nitrogens is 1. The highest BCUT2D eigenvalue weighted by molar-refractivity contribution is 5.93. The van der Waals surface area contributed by atoms with E-state index in [1.807, 2.05) is 0 Å². The number of Topliss-reactive ketones (excluding diaryl/α,β-unsaturated/α-hetero) is 1. The van der Waals surface area contributed by atoms with Crippen LogP contribution in [0.5, 0.6) is 11.5 Å². The Bertz CT molecular complexity index is 1360. The number of alkyl halides is 3. The van der Waals surface area contributed by atoms with E-state index in [4.69, 9.17) is 10.00 Å². The maximum absolute atomic E-state index is 14.6. The number of pyridine rings is 1. The van der Waals surface area contributed by atoms with Crippen LogP contribution < -0.4 is 10.1 Å². The van der Waals surface area contributed by atoms with Crippen LogP contribution in [-0.2, 0) is 28.6 Å². The minimum Gasteiger partial charge on any atom is -0.454 e. The quantitative estimate of drug-likeness (QED) is 0.409. The van der Waals surface area contributed by atoms with Crippen LogP contribution in [0, 0.1) is 23.1 Å². The van der Waals surface area contributed by atoms with Crippen LogP contribution >= 0.6 is 0 Å². The number of benzene rings is 2. The Kier molecular flexibility index (Phi) is 7.01. The minimum absolute atomic E-state index is 0.00829. The molecule has 1 heterocycles. The molecule has 6 nitrogen and oxygen atoms in total. The molecule has 0 spiro atoms. The van der Waals surface area contributed by atoms with E-state index in [9.17, 15) is 27.2 Å². The molecule has 36 heavy (non-hydrogen) atoms. The lowest BCUT2D eigenvalue weighted by Gasteiger charge is -2.11. The van der Waals surface area contributed by atoms with E-state index in [1.165, 1.54) is 36.5 Å². The van der Waals surface area contributed by atoms with E-state index >= 15 is 0 Å². The zero-order chi connectivity index (χ0) is 25.9. The molecule has 4 rings (SSSR count). The third-order valence-electron chi connectivity index (χ3n) is 5.41. The fourth-order valence-electron chi connectivity index (χ4n) is 3.52. The van der Waals surface area contributed by atoms with E-state index in [0.29, 0.717) is 5.56 Å². The molecule has 0 aliphatic heterocycles.